The molecule has 0 aliphatic carbocycles. The van der Waals surface area contributed by atoms with Crippen molar-refractivity contribution in [2.45, 2.75) is 26.4 Å². The Balaban J connectivity index is 2.00. The number of amides is 1. The van der Waals surface area contributed by atoms with E-state index in [1.807, 2.05) is 25.7 Å². The SMILES string of the molecule is C=Cc1ccc(F)c(N2CCN(C(=O)OC(C)(C)C)CC2)c1. The molecule has 1 aromatic carbocycles. The van der Waals surface area contributed by atoms with Gasteiger partial charge >= 0.3 is 6.09 Å². The van der Waals surface area contributed by atoms with Gasteiger partial charge in [-0.15, -0.1) is 0 Å². The summed E-state index contributed by atoms with van der Waals surface area (Å²) in [6.45, 7) is 11.4. The summed E-state index contributed by atoms with van der Waals surface area (Å²) < 4.78 is 19.3. The number of ether oxygens (including phenoxy) is 1. The Bertz CT molecular complexity index is 558. The molecular weight excluding hydrogens is 283 g/mol. The minimum Gasteiger partial charge on any atom is -0.444 e. The van der Waals surface area contributed by atoms with Crippen LogP contribution < -0.4 is 4.90 Å². The second kappa shape index (κ2) is 6.38. The van der Waals surface area contributed by atoms with E-state index in [0.29, 0.717) is 31.9 Å². The molecule has 1 aliphatic rings. The number of nitrogens with zero attached hydrogens (tertiary/aromatic N) is 2. The van der Waals surface area contributed by atoms with Crippen LogP contribution in [-0.2, 0) is 4.74 Å². The van der Waals surface area contributed by atoms with Gasteiger partial charge in [0.15, 0.2) is 0 Å². The Hall–Kier alpha value is -2.04. The van der Waals surface area contributed by atoms with Gasteiger partial charge in [-0.25, -0.2) is 9.18 Å². The lowest BCUT2D eigenvalue weighted by molar-refractivity contribution is 0.0240. The van der Waals surface area contributed by atoms with Crippen LogP contribution in [0.5, 0.6) is 0 Å². The number of rotatable bonds is 2. The molecule has 0 bridgehead atoms. The van der Waals surface area contributed by atoms with Crippen molar-refractivity contribution in [1.82, 2.24) is 4.90 Å². The first-order valence-corrected chi connectivity index (χ1v) is 7.45. The van der Waals surface area contributed by atoms with Crippen LogP contribution in [0.1, 0.15) is 26.3 Å². The van der Waals surface area contributed by atoms with Crippen molar-refractivity contribution >= 4 is 17.9 Å². The Kier molecular flexibility index (Phi) is 4.74. The highest BCUT2D eigenvalue weighted by Crippen LogP contribution is 2.23. The minimum atomic E-state index is -0.501. The van der Waals surface area contributed by atoms with Crippen LogP contribution in [0.25, 0.3) is 6.08 Å². The lowest BCUT2D eigenvalue weighted by Crippen LogP contribution is -2.50. The van der Waals surface area contributed by atoms with E-state index in [9.17, 15) is 9.18 Å². The first-order chi connectivity index (χ1) is 10.3. The van der Waals surface area contributed by atoms with Gasteiger partial charge in [-0.3, -0.25) is 0 Å². The molecule has 2 rings (SSSR count). The number of benzene rings is 1. The maximum atomic E-state index is 14.0. The largest absolute Gasteiger partial charge is 0.444 e. The van der Waals surface area contributed by atoms with Crippen LogP contribution in [0.4, 0.5) is 14.9 Å². The van der Waals surface area contributed by atoms with E-state index in [4.69, 9.17) is 4.74 Å². The normalized spacial score (nSPS) is 15.6. The van der Waals surface area contributed by atoms with E-state index in [0.717, 1.165) is 5.56 Å². The second-order valence-electron chi connectivity index (χ2n) is 6.37. The van der Waals surface area contributed by atoms with Gasteiger partial charge in [0.2, 0.25) is 0 Å². The molecule has 0 atom stereocenters. The van der Waals surface area contributed by atoms with E-state index in [-0.39, 0.29) is 11.9 Å². The first kappa shape index (κ1) is 16.3. The predicted octanol–water partition coefficient (Wildman–Crippen LogP) is 3.53. The summed E-state index contributed by atoms with van der Waals surface area (Å²) in [5.74, 6) is -0.253. The summed E-state index contributed by atoms with van der Waals surface area (Å²) >= 11 is 0. The number of hydrogen-bond donors (Lipinski definition) is 0. The maximum Gasteiger partial charge on any atom is 0.410 e. The monoisotopic (exact) mass is 306 g/mol. The van der Waals surface area contributed by atoms with Gasteiger partial charge in [0.25, 0.3) is 0 Å². The summed E-state index contributed by atoms with van der Waals surface area (Å²) in [6, 6.07) is 4.93. The number of hydrogen-bond acceptors (Lipinski definition) is 3. The summed E-state index contributed by atoms with van der Waals surface area (Å²) in [5.41, 5.74) is 0.936. The number of carbonyl (C=O) groups is 1. The third-order valence-corrected chi connectivity index (χ3v) is 3.48. The zero-order chi connectivity index (χ0) is 16.3. The molecule has 0 N–H and O–H groups in total. The average molecular weight is 306 g/mol. The van der Waals surface area contributed by atoms with Crippen molar-refractivity contribution in [2.75, 3.05) is 31.1 Å². The summed E-state index contributed by atoms with van der Waals surface area (Å²) in [5, 5.41) is 0. The molecule has 0 spiro atoms. The van der Waals surface area contributed by atoms with E-state index >= 15 is 0 Å². The van der Waals surface area contributed by atoms with Gasteiger partial charge in [-0.1, -0.05) is 18.7 Å². The van der Waals surface area contributed by atoms with Crippen LogP contribution in [0.15, 0.2) is 24.8 Å². The fourth-order valence-corrected chi connectivity index (χ4v) is 2.36. The smallest absolute Gasteiger partial charge is 0.410 e. The Morgan fingerprint density at radius 2 is 1.91 bits per heavy atom. The van der Waals surface area contributed by atoms with Crippen molar-refractivity contribution < 1.29 is 13.9 Å². The molecule has 22 heavy (non-hydrogen) atoms. The lowest BCUT2D eigenvalue weighted by Gasteiger charge is -2.36. The van der Waals surface area contributed by atoms with Gasteiger partial charge in [-0.05, 0) is 38.5 Å². The molecule has 4 nitrogen and oxygen atoms in total. The molecule has 0 saturated carbocycles. The summed E-state index contributed by atoms with van der Waals surface area (Å²) in [7, 11) is 0. The Morgan fingerprint density at radius 1 is 1.27 bits per heavy atom. The third kappa shape index (κ3) is 4.00. The first-order valence-electron chi connectivity index (χ1n) is 7.45. The van der Waals surface area contributed by atoms with Crippen molar-refractivity contribution in [1.29, 1.82) is 0 Å². The maximum absolute atomic E-state index is 14.0. The molecule has 5 heteroatoms. The number of anilines is 1. The summed E-state index contributed by atoms with van der Waals surface area (Å²) in [4.78, 5) is 15.6. The van der Waals surface area contributed by atoms with Gasteiger partial charge < -0.3 is 14.5 Å². The molecule has 120 valence electrons. The molecule has 0 aromatic heterocycles. The minimum absolute atomic E-state index is 0.253. The molecule has 1 amide bonds. The molecule has 0 unspecified atom stereocenters. The van der Waals surface area contributed by atoms with Crippen molar-refractivity contribution in [2.24, 2.45) is 0 Å². The molecule has 1 fully saturated rings. The quantitative estimate of drug-likeness (QED) is 0.838. The Labute approximate surface area is 131 Å². The van der Waals surface area contributed by atoms with E-state index in [2.05, 4.69) is 6.58 Å². The number of piperazine rings is 1. The van der Waals surface area contributed by atoms with Crippen molar-refractivity contribution in [3.8, 4) is 0 Å². The van der Waals surface area contributed by atoms with Gasteiger partial charge in [0.1, 0.15) is 11.4 Å². The predicted molar refractivity (Wildman–Crippen MR) is 86.5 cm³/mol. The zero-order valence-corrected chi connectivity index (χ0v) is 13.4. The number of carbonyl (C=O) groups excluding carboxylic acids is 1. The highest BCUT2D eigenvalue weighted by molar-refractivity contribution is 5.69. The van der Waals surface area contributed by atoms with Crippen LogP contribution in [-0.4, -0.2) is 42.8 Å². The van der Waals surface area contributed by atoms with Crippen LogP contribution in [0, 0.1) is 5.82 Å². The zero-order valence-electron chi connectivity index (χ0n) is 13.4. The fourth-order valence-electron chi connectivity index (χ4n) is 2.36. The second-order valence-corrected chi connectivity index (χ2v) is 6.37. The van der Waals surface area contributed by atoms with E-state index in [1.165, 1.54) is 6.07 Å². The highest BCUT2D eigenvalue weighted by Gasteiger charge is 2.26. The fraction of sp³-hybridized carbons (Fsp3) is 0.471. The van der Waals surface area contributed by atoms with E-state index < -0.39 is 5.60 Å². The van der Waals surface area contributed by atoms with Crippen molar-refractivity contribution in [3.05, 3.63) is 36.2 Å². The topological polar surface area (TPSA) is 32.8 Å². The van der Waals surface area contributed by atoms with Crippen molar-refractivity contribution in [3.63, 3.8) is 0 Å². The molecule has 1 aliphatic heterocycles. The van der Waals surface area contributed by atoms with Crippen LogP contribution >= 0.6 is 0 Å². The molecule has 0 radical (unpaired) electrons. The molecular formula is C17H23FN2O2. The van der Waals surface area contributed by atoms with Crippen LogP contribution in [0.2, 0.25) is 0 Å². The lowest BCUT2D eigenvalue weighted by atomic mass is 10.1. The third-order valence-electron chi connectivity index (χ3n) is 3.48. The highest BCUT2D eigenvalue weighted by atomic mass is 19.1. The van der Waals surface area contributed by atoms with E-state index in [1.54, 1.807) is 23.1 Å². The average Bonchev–Trinajstić information content (AvgIpc) is 2.46. The van der Waals surface area contributed by atoms with Crippen LogP contribution in [0.3, 0.4) is 0 Å². The standard InChI is InChI=1S/C17H23FN2O2/c1-5-13-6-7-14(18)15(12-13)19-8-10-20(11-9-19)16(21)22-17(2,3)4/h5-7,12H,1,8-11H2,2-4H3. The van der Waals surface area contributed by atoms with Gasteiger partial charge in [-0.2, -0.15) is 0 Å². The van der Waals surface area contributed by atoms with Gasteiger partial charge in [0.05, 0.1) is 5.69 Å². The molecule has 1 saturated heterocycles. The number of halogens is 1. The van der Waals surface area contributed by atoms with Gasteiger partial charge in [0, 0.05) is 26.2 Å². The summed E-state index contributed by atoms with van der Waals surface area (Å²) in [6.07, 6.45) is 1.38. The molecule has 1 heterocycles. The molecule has 1 aromatic rings. The Morgan fingerprint density at radius 3 is 2.45 bits per heavy atom.